The van der Waals surface area contributed by atoms with Crippen molar-refractivity contribution in [1.29, 1.82) is 5.41 Å². The second-order valence-electron chi connectivity index (χ2n) is 18.8. The van der Waals surface area contributed by atoms with E-state index in [1.165, 1.54) is 12.5 Å². The number of aryl methyl sites for hydroxylation is 1. The summed E-state index contributed by atoms with van der Waals surface area (Å²) in [7, 11) is -0.908. The summed E-state index contributed by atoms with van der Waals surface area (Å²) in [6, 6.07) is 10.2. The summed E-state index contributed by atoms with van der Waals surface area (Å²) in [6.45, 7) is 10.5. The molecule has 0 spiro atoms. The van der Waals surface area contributed by atoms with Crippen molar-refractivity contribution in [3.8, 4) is 11.1 Å². The molecule has 1 heterocycles. The van der Waals surface area contributed by atoms with E-state index in [-0.39, 0.29) is 54.8 Å². The summed E-state index contributed by atoms with van der Waals surface area (Å²) >= 11 is 0. The first kappa shape index (κ1) is 51.9. The second-order valence-corrected chi connectivity index (χ2v) is 18.8. The molecule has 2 bridgehead atoms. The molecule has 2 unspecified atom stereocenters. The van der Waals surface area contributed by atoms with Crippen LogP contribution < -0.4 is 54.8 Å². The Bertz CT molecular complexity index is 2010. The van der Waals surface area contributed by atoms with E-state index in [9.17, 15) is 29.1 Å². The van der Waals surface area contributed by atoms with Gasteiger partial charge in [0.05, 0.1) is 17.8 Å². The Morgan fingerprint density at radius 2 is 1.44 bits per heavy atom. The van der Waals surface area contributed by atoms with Gasteiger partial charge in [0.15, 0.2) is 12.1 Å². The number of guanidine groups is 1. The third-order valence-corrected chi connectivity index (χ3v) is 13.7. The van der Waals surface area contributed by atoms with Gasteiger partial charge in [-0.2, -0.15) is 0 Å². The molecule has 5 amide bonds. The van der Waals surface area contributed by atoms with Crippen LogP contribution in [0.15, 0.2) is 48.5 Å². The third-order valence-electron chi connectivity index (χ3n) is 13.7. The fourth-order valence-electron chi connectivity index (χ4n) is 9.47. The number of benzene rings is 2. The number of hydrogen-bond donors (Lipinski definition) is 12. The van der Waals surface area contributed by atoms with Crippen LogP contribution in [0.2, 0.25) is 0 Å². The maximum atomic E-state index is 13.8. The first-order valence-electron chi connectivity index (χ1n) is 23.3. The Morgan fingerprint density at radius 1 is 0.818 bits per heavy atom. The van der Waals surface area contributed by atoms with Crippen LogP contribution in [0.25, 0.3) is 11.1 Å². The van der Waals surface area contributed by atoms with E-state index in [1.807, 2.05) is 31.2 Å². The molecular weight excluding hydrogens is 845 g/mol. The van der Waals surface area contributed by atoms with Crippen LogP contribution in [0.4, 0.5) is 0 Å². The average Bonchev–Trinajstić information content (AvgIpc) is 3.65. The Hall–Kier alpha value is -5.12. The summed E-state index contributed by atoms with van der Waals surface area (Å²) < 4.78 is 12.6. The lowest BCUT2D eigenvalue weighted by Crippen LogP contribution is -2.65. The number of nitrogens with two attached hydrogens (primary N) is 4. The van der Waals surface area contributed by atoms with Gasteiger partial charge in [-0.1, -0.05) is 63.6 Å². The molecule has 66 heavy (non-hydrogen) atoms. The largest absolute Gasteiger partial charge is 0.497 e. The van der Waals surface area contributed by atoms with Crippen LogP contribution in [0.1, 0.15) is 108 Å². The molecule has 1 saturated heterocycles. The van der Waals surface area contributed by atoms with Crippen molar-refractivity contribution < 1.29 is 38.4 Å². The van der Waals surface area contributed by atoms with Gasteiger partial charge in [-0.3, -0.25) is 29.4 Å². The van der Waals surface area contributed by atoms with Crippen molar-refractivity contribution in [3.05, 3.63) is 59.7 Å². The Morgan fingerprint density at radius 3 is 2.05 bits per heavy atom. The molecule has 20 heteroatoms. The van der Waals surface area contributed by atoms with Gasteiger partial charge in [-0.05, 0) is 124 Å². The zero-order chi connectivity index (χ0) is 48.3. The highest BCUT2D eigenvalue weighted by Crippen LogP contribution is 2.65. The number of aliphatic hydroxyl groups is 1. The van der Waals surface area contributed by atoms with E-state index in [4.69, 9.17) is 37.7 Å². The monoisotopic (exact) mass is 918 g/mol. The Labute approximate surface area is 388 Å². The van der Waals surface area contributed by atoms with Crippen molar-refractivity contribution >= 4 is 42.6 Å². The van der Waals surface area contributed by atoms with Crippen LogP contribution in [0.3, 0.4) is 0 Å². The third kappa shape index (κ3) is 12.9. The maximum absolute atomic E-state index is 13.8. The molecule has 3 saturated carbocycles. The highest BCUT2D eigenvalue weighted by atomic mass is 16.7. The summed E-state index contributed by atoms with van der Waals surface area (Å²) in [5.74, 6) is -3.38. The lowest BCUT2D eigenvalue weighted by Gasteiger charge is -2.64. The van der Waals surface area contributed by atoms with E-state index in [0.29, 0.717) is 25.3 Å². The van der Waals surface area contributed by atoms with Crippen LogP contribution in [-0.4, -0.2) is 109 Å². The minimum Gasteiger partial charge on any atom is -0.403 e. The van der Waals surface area contributed by atoms with E-state index >= 15 is 0 Å². The van der Waals surface area contributed by atoms with E-state index in [2.05, 4.69) is 64.8 Å². The van der Waals surface area contributed by atoms with Gasteiger partial charge < -0.3 is 69.3 Å². The highest BCUT2D eigenvalue weighted by Gasteiger charge is 2.68. The average molecular weight is 918 g/mol. The zero-order valence-electron chi connectivity index (χ0n) is 39.0. The lowest BCUT2D eigenvalue weighted by atomic mass is 9.43. The molecule has 0 radical (unpaired) electrons. The predicted octanol–water partition coefficient (Wildman–Crippen LogP) is 0.607. The van der Waals surface area contributed by atoms with E-state index in [0.717, 1.165) is 43.2 Å². The Kier molecular flexibility index (Phi) is 18.1. The summed E-state index contributed by atoms with van der Waals surface area (Å²) in [4.78, 5) is 67.9. The molecule has 4 aliphatic rings. The summed E-state index contributed by atoms with van der Waals surface area (Å²) in [5, 5.41) is 33.6. The van der Waals surface area contributed by atoms with Gasteiger partial charge in [-0.15, -0.1) is 0 Å². The van der Waals surface area contributed by atoms with Crippen LogP contribution in [-0.2, 0) is 34.9 Å². The number of carbonyl (C=O) groups is 5. The number of rotatable bonds is 24. The van der Waals surface area contributed by atoms with Crippen molar-refractivity contribution in [2.45, 2.75) is 147 Å². The van der Waals surface area contributed by atoms with Gasteiger partial charge >= 0.3 is 7.12 Å². The highest BCUT2D eigenvalue weighted by molar-refractivity contribution is 6.47. The topological polar surface area (TPSA) is 324 Å². The molecule has 2 aromatic carbocycles. The molecular formula is C46H72BN11O8. The number of carbonyl (C=O) groups excluding carboxylic acids is 5. The predicted molar refractivity (Wildman–Crippen MR) is 252 cm³/mol. The number of unbranched alkanes of at least 4 members (excludes halogenated alkanes) is 2. The van der Waals surface area contributed by atoms with Crippen molar-refractivity contribution in [3.63, 3.8) is 0 Å². The fraction of sp³-hybridized carbons (Fsp3) is 0.609. The molecule has 0 aromatic heterocycles. The normalized spacial score (nSPS) is 23.0. The minimum atomic E-state index is -1.72. The molecule has 3 aliphatic carbocycles. The summed E-state index contributed by atoms with van der Waals surface area (Å²) in [5.41, 5.74) is 26.7. The van der Waals surface area contributed by atoms with Gasteiger partial charge in [0.2, 0.25) is 17.7 Å². The van der Waals surface area contributed by atoms with Gasteiger partial charge in [-0.25, -0.2) is 0 Å². The number of nitrogens with one attached hydrogen (secondary N) is 7. The van der Waals surface area contributed by atoms with E-state index < -0.39 is 78.7 Å². The first-order chi connectivity index (χ1) is 31.3. The lowest BCUT2D eigenvalue weighted by molar-refractivity contribution is -0.199. The van der Waals surface area contributed by atoms with Gasteiger partial charge in [0.1, 0.15) is 24.2 Å². The molecule has 16 N–H and O–H groups in total. The van der Waals surface area contributed by atoms with E-state index in [1.54, 1.807) is 12.1 Å². The van der Waals surface area contributed by atoms with Crippen LogP contribution >= 0.6 is 0 Å². The minimum absolute atomic E-state index is 0.0612. The molecule has 10 atom stereocenters. The zero-order valence-corrected chi connectivity index (χ0v) is 39.0. The number of aliphatic hydroxyl groups excluding tert-OH is 1. The van der Waals surface area contributed by atoms with Crippen molar-refractivity contribution in [2.75, 3.05) is 13.1 Å². The standard InChI is InChI=1S/C46H72BN11O8/c1-6-7-11-27-14-16-28(17-15-27)29-18-20-30(21-19-29)38(60)54-33(13-10-23-53-44(51)52)39(61)56-36(26(2)59)41(63)57-37(49)42(64)55-32(12-8-9-22-48)40(62)58-43(50)47-65-35-25-31-24-34(45(31,3)4)46(35,5)66-47/h14-21,26,31-37,43,59H,6-13,22-25,48-50H2,1-5H3,(H,54,60)(H,55,64)(H,56,61)(H,57,63)(H,58,62)(H4,51,52,53)/t26?,31-,32-,33-,34-,35?,36-,37+,43+,46-/m0/s1. The number of amides is 5. The Balaban J connectivity index is 1.18. The van der Waals surface area contributed by atoms with Crippen molar-refractivity contribution in [1.82, 2.24) is 31.9 Å². The number of hydrogen-bond acceptors (Lipinski definition) is 12. The van der Waals surface area contributed by atoms with Crippen LogP contribution in [0, 0.1) is 22.7 Å². The van der Waals surface area contributed by atoms with Gasteiger partial charge in [0.25, 0.3) is 11.8 Å². The first-order valence-corrected chi connectivity index (χ1v) is 23.3. The summed E-state index contributed by atoms with van der Waals surface area (Å²) in [6.07, 6.45) is 3.29. The molecule has 1 aliphatic heterocycles. The molecule has 4 fully saturated rings. The smallest absolute Gasteiger partial charge is 0.403 e. The molecule has 19 nitrogen and oxygen atoms in total. The van der Waals surface area contributed by atoms with Crippen LogP contribution in [0.5, 0.6) is 0 Å². The molecule has 6 rings (SSSR count). The second kappa shape index (κ2) is 23.1. The molecule has 362 valence electrons. The quantitative estimate of drug-likeness (QED) is 0.0226. The van der Waals surface area contributed by atoms with Crippen molar-refractivity contribution in [2.24, 2.45) is 40.2 Å². The fourth-order valence-corrected chi connectivity index (χ4v) is 9.47. The maximum Gasteiger partial charge on any atom is 0.497 e. The van der Waals surface area contributed by atoms with Gasteiger partial charge in [0, 0.05) is 12.1 Å². The molecule has 2 aromatic rings. The SMILES string of the molecule is CCCCc1ccc(-c2ccc(C(=O)N[C@@H](CCCNC(=N)N)C(=O)N[C@H](C(=O)N[C@@H](N)C(=O)N[C@@H](CCCCN)C(=O)N[C@@H](N)B3OC4C[C@@H]5C[C@@H](C5(C)C)[C@]4(C)O3)C(C)O)cc2)cc1.